The largest absolute Gasteiger partial charge is 0.422 e. The highest BCUT2D eigenvalue weighted by Crippen LogP contribution is 2.14. The lowest BCUT2D eigenvalue weighted by Crippen LogP contribution is -2.52. The molecule has 1 fully saturated rings. The monoisotopic (exact) mass is 344 g/mol. The van der Waals surface area contributed by atoms with E-state index >= 15 is 0 Å². The summed E-state index contributed by atoms with van der Waals surface area (Å²) < 4.78 is 11.0. The van der Waals surface area contributed by atoms with Crippen LogP contribution < -0.4 is 10.9 Å². The Morgan fingerprint density at radius 2 is 1.96 bits per heavy atom. The maximum absolute atomic E-state index is 12.4. The van der Waals surface area contributed by atoms with Gasteiger partial charge in [-0.2, -0.15) is 0 Å². The van der Waals surface area contributed by atoms with Gasteiger partial charge in [-0.05, 0) is 32.9 Å². The van der Waals surface area contributed by atoms with E-state index in [4.69, 9.17) is 9.15 Å². The Balaban J connectivity index is 1.66. The summed E-state index contributed by atoms with van der Waals surface area (Å²) in [5.74, 6) is -0.402. The maximum atomic E-state index is 12.4. The van der Waals surface area contributed by atoms with Crippen molar-refractivity contribution in [3.63, 3.8) is 0 Å². The number of rotatable bonds is 4. The fourth-order valence-corrected chi connectivity index (χ4v) is 3.26. The molecule has 3 rings (SSSR count). The highest BCUT2D eigenvalue weighted by molar-refractivity contribution is 5.96. The van der Waals surface area contributed by atoms with Crippen LogP contribution in [0.15, 0.2) is 39.5 Å². The van der Waals surface area contributed by atoms with Crippen LogP contribution in [0, 0.1) is 0 Å². The Hall–Kier alpha value is -2.18. The third kappa shape index (κ3) is 4.08. The highest BCUT2D eigenvalue weighted by atomic mass is 16.5. The van der Waals surface area contributed by atoms with Crippen LogP contribution in [0.2, 0.25) is 0 Å². The molecule has 2 heterocycles. The quantitative estimate of drug-likeness (QED) is 0.859. The lowest BCUT2D eigenvalue weighted by molar-refractivity contribution is -0.0778. The fraction of sp³-hybridized carbons (Fsp3) is 0.474. The number of nitrogens with zero attached hydrogens (tertiary/aromatic N) is 1. The lowest BCUT2D eigenvalue weighted by Gasteiger charge is -2.38. The van der Waals surface area contributed by atoms with Crippen molar-refractivity contribution in [1.82, 2.24) is 10.2 Å². The molecule has 1 aliphatic rings. The number of morpholine rings is 1. The SMILES string of the molecule is CC1CN(C(C)CNC(=O)c2cc3ccccc3oc2=O)CC(C)O1. The standard InChI is InChI=1S/C19H24N2O4/c1-12(21-10-13(2)24-14(3)11-21)9-20-18(22)16-8-15-6-4-5-7-17(15)25-19(16)23/h4-8,12-14H,9-11H2,1-3H3,(H,20,22). The lowest BCUT2D eigenvalue weighted by atomic mass is 10.1. The number of para-hydroxylation sites is 1. The van der Waals surface area contributed by atoms with Gasteiger partial charge >= 0.3 is 5.63 Å². The zero-order valence-corrected chi connectivity index (χ0v) is 14.8. The maximum Gasteiger partial charge on any atom is 0.349 e. The van der Waals surface area contributed by atoms with Crippen LogP contribution in [-0.4, -0.2) is 48.7 Å². The van der Waals surface area contributed by atoms with Crippen LogP contribution in [0.4, 0.5) is 0 Å². The summed E-state index contributed by atoms with van der Waals surface area (Å²) in [6.45, 7) is 8.29. The minimum absolute atomic E-state index is 0.0367. The number of nitrogens with one attached hydrogen (secondary N) is 1. The second-order valence-electron chi connectivity index (χ2n) is 6.76. The number of ether oxygens (including phenoxy) is 1. The van der Waals surface area contributed by atoms with Crippen LogP contribution in [0.25, 0.3) is 11.0 Å². The minimum atomic E-state index is -0.613. The number of carbonyl (C=O) groups excluding carboxylic acids is 1. The summed E-state index contributed by atoms with van der Waals surface area (Å²) in [5, 5.41) is 3.58. The Labute approximate surface area is 146 Å². The van der Waals surface area contributed by atoms with Gasteiger partial charge in [-0.1, -0.05) is 18.2 Å². The van der Waals surface area contributed by atoms with Crippen molar-refractivity contribution in [2.75, 3.05) is 19.6 Å². The van der Waals surface area contributed by atoms with Crippen molar-refractivity contribution < 1.29 is 13.9 Å². The average molecular weight is 344 g/mol. The second-order valence-corrected chi connectivity index (χ2v) is 6.76. The Kier molecular flexibility index (Phi) is 5.20. The molecule has 6 nitrogen and oxygen atoms in total. The summed E-state index contributed by atoms with van der Waals surface area (Å²) in [4.78, 5) is 26.8. The van der Waals surface area contributed by atoms with Gasteiger partial charge in [0.2, 0.25) is 0 Å². The minimum Gasteiger partial charge on any atom is -0.422 e. The molecule has 1 amide bonds. The van der Waals surface area contributed by atoms with E-state index in [1.54, 1.807) is 18.2 Å². The molecule has 2 aromatic rings. The summed E-state index contributed by atoms with van der Waals surface area (Å²) in [6.07, 6.45) is 0.351. The zero-order valence-electron chi connectivity index (χ0n) is 14.8. The smallest absolute Gasteiger partial charge is 0.349 e. The van der Waals surface area contributed by atoms with Gasteiger partial charge in [0, 0.05) is 31.1 Å². The van der Waals surface area contributed by atoms with Gasteiger partial charge in [0.1, 0.15) is 11.1 Å². The van der Waals surface area contributed by atoms with E-state index in [-0.39, 0.29) is 23.8 Å². The van der Waals surface area contributed by atoms with Crippen LogP contribution in [0.3, 0.4) is 0 Å². The predicted octanol–water partition coefficient (Wildman–Crippen LogP) is 2.02. The first-order valence-corrected chi connectivity index (χ1v) is 8.64. The molecule has 1 aromatic heterocycles. The molecule has 0 saturated carbocycles. The van der Waals surface area contributed by atoms with Crippen LogP contribution >= 0.6 is 0 Å². The molecule has 0 bridgehead atoms. The van der Waals surface area contributed by atoms with Crippen molar-refractivity contribution in [3.8, 4) is 0 Å². The van der Waals surface area contributed by atoms with Crippen molar-refractivity contribution in [3.05, 3.63) is 46.3 Å². The van der Waals surface area contributed by atoms with E-state index in [0.29, 0.717) is 12.1 Å². The van der Waals surface area contributed by atoms with Gasteiger partial charge in [-0.25, -0.2) is 4.79 Å². The first-order chi connectivity index (χ1) is 11.9. The first kappa shape index (κ1) is 17.6. The molecule has 3 unspecified atom stereocenters. The molecule has 0 radical (unpaired) electrons. The van der Waals surface area contributed by atoms with Gasteiger partial charge in [0.05, 0.1) is 12.2 Å². The number of hydrogen-bond donors (Lipinski definition) is 1. The molecule has 1 saturated heterocycles. The molecule has 3 atom stereocenters. The zero-order chi connectivity index (χ0) is 18.0. The van der Waals surface area contributed by atoms with E-state index in [9.17, 15) is 9.59 Å². The van der Waals surface area contributed by atoms with Gasteiger partial charge in [0.25, 0.3) is 5.91 Å². The molecule has 1 aromatic carbocycles. The Morgan fingerprint density at radius 1 is 1.28 bits per heavy atom. The molecular weight excluding hydrogens is 320 g/mol. The van der Waals surface area contributed by atoms with Gasteiger partial charge < -0.3 is 14.5 Å². The highest BCUT2D eigenvalue weighted by Gasteiger charge is 2.26. The van der Waals surface area contributed by atoms with Gasteiger partial charge in [-0.15, -0.1) is 0 Å². The number of fused-ring (bicyclic) bond motifs is 1. The Morgan fingerprint density at radius 3 is 2.68 bits per heavy atom. The number of hydrogen-bond acceptors (Lipinski definition) is 5. The normalized spacial score (nSPS) is 22.7. The molecule has 0 spiro atoms. The van der Waals surface area contributed by atoms with Gasteiger partial charge in [0.15, 0.2) is 0 Å². The number of carbonyl (C=O) groups is 1. The van der Waals surface area contributed by atoms with Crippen LogP contribution in [-0.2, 0) is 4.74 Å². The van der Waals surface area contributed by atoms with Crippen molar-refractivity contribution >= 4 is 16.9 Å². The van der Waals surface area contributed by atoms with E-state index in [1.807, 2.05) is 26.0 Å². The third-order valence-electron chi connectivity index (χ3n) is 4.52. The molecule has 1 aliphatic heterocycles. The summed E-state index contributed by atoms with van der Waals surface area (Å²) >= 11 is 0. The van der Waals surface area contributed by atoms with Crippen molar-refractivity contribution in [2.24, 2.45) is 0 Å². The summed E-state index contributed by atoms with van der Waals surface area (Å²) in [5.41, 5.74) is -0.0965. The fourth-order valence-electron chi connectivity index (χ4n) is 3.26. The second kappa shape index (κ2) is 7.37. The summed E-state index contributed by atoms with van der Waals surface area (Å²) in [6, 6.07) is 8.89. The van der Waals surface area contributed by atoms with E-state index in [1.165, 1.54) is 0 Å². The topological polar surface area (TPSA) is 71.8 Å². The molecular formula is C19H24N2O4. The first-order valence-electron chi connectivity index (χ1n) is 8.64. The molecule has 6 heteroatoms. The molecule has 1 N–H and O–H groups in total. The number of amides is 1. The predicted molar refractivity (Wildman–Crippen MR) is 95.9 cm³/mol. The summed E-state index contributed by atoms with van der Waals surface area (Å²) in [7, 11) is 0. The van der Waals surface area contributed by atoms with E-state index in [2.05, 4.69) is 17.1 Å². The molecule has 134 valence electrons. The molecule has 0 aliphatic carbocycles. The van der Waals surface area contributed by atoms with E-state index < -0.39 is 11.5 Å². The van der Waals surface area contributed by atoms with E-state index in [0.717, 1.165) is 18.5 Å². The number of benzene rings is 1. The Bertz CT molecular complexity index is 806. The van der Waals surface area contributed by atoms with Crippen LogP contribution in [0.1, 0.15) is 31.1 Å². The van der Waals surface area contributed by atoms with Crippen molar-refractivity contribution in [2.45, 2.75) is 39.0 Å². The van der Waals surface area contributed by atoms with Crippen molar-refractivity contribution in [1.29, 1.82) is 0 Å². The average Bonchev–Trinajstić information content (AvgIpc) is 2.57. The van der Waals surface area contributed by atoms with Crippen LogP contribution in [0.5, 0.6) is 0 Å². The van der Waals surface area contributed by atoms with Gasteiger partial charge in [-0.3, -0.25) is 9.69 Å². The molecule has 25 heavy (non-hydrogen) atoms. The third-order valence-corrected chi connectivity index (χ3v) is 4.52.